The maximum Gasteiger partial charge on any atom is 0.293 e. The number of benzene rings is 1. The van der Waals surface area contributed by atoms with Crippen molar-refractivity contribution < 1.29 is 14.4 Å². The molecule has 6 nitrogen and oxygen atoms in total. The number of likely N-dealkylation sites (N-methyl/N-ethyl adjacent to an activating group) is 1. The molecule has 0 amide bonds. The highest BCUT2D eigenvalue weighted by molar-refractivity contribution is 5.85. The minimum atomic E-state index is -0.576. The van der Waals surface area contributed by atoms with Gasteiger partial charge in [-0.25, -0.2) is 4.39 Å². The number of anilines is 1. The van der Waals surface area contributed by atoms with E-state index in [2.05, 4.69) is 4.98 Å². The third-order valence-electron chi connectivity index (χ3n) is 3.07. The molecule has 2 aromatic rings. The van der Waals surface area contributed by atoms with E-state index in [1.54, 1.807) is 19.2 Å². The first-order valence-corrected chi connectivity index (χ1v) is 6.25. The van der Waals surface area contributed by atoms with Gasteiger partial charge in [-0.1, -0.05) is 6.07 Å². The Labute approximate surface area is 120 Å². The molecule has 1 aromatic carbocycles. The number of nitro groups is 1. The Kier molecular flexibility index (Phi) is 4.44. The first kappa shape index (κ1) is 14.9. The van der Waals surface area contributed by atoms with Gasteiger partial charge in [0.05, 0.1) is 11.5 Å². The van der Waals surface area contributed by atoms with Gasteiger partial charge in [0.1, 0.15) is 11.5 Å². The Bertz CT molecular complexity index is 649. The Morgan fingerprint density at radius 2 is 2.19 bits per heavy atom. The van der Waals surface area contributed by atoms with E-state index in [1.807, 2.05) is 0 Å². The van der Waals surface area contributed by atoms with Crippen LogP contribution in [0.3, 0.4) is 0 Å². The molecule has 1 aromatic heterocycles. The van der Waals surface area contributed by atoms with Crippen molar-refractivity contribution in [1.29, 1.82) is 0 Å². The smallest absolute Gasteiger partial charge is 0.293 e. The molecule has 0 saturated carbocycles. The summed E-state index contributed by atoms with van der Waals surface area (Å²) >= 11 is 0. The van der Waals surface area contributed by atoms with Crippen LogP contribution in [0.2, 0.25) is 0 Å². The molecule has 2 rings (SSSR count). The van der Waals surface area contributed by atoms with Gasteiger partial charge in [0.25, 0.3) is 5.69 Å². The van der Waals surface area contributed by atoms with Gasteiger partial charge in [-0.05, 0) is 12.1 Å². The van der Waals surface area contributed by atoms with Crippen molar-refractivity contribution in [2.75, 3.05) is 25.1 Å². The van der Waals surface area contributed by atoms with Gasteiger partial charge in [-0.2, -0.15) is 0 Å². The fourth-order valence-corrected chi connectivity index (χ4v) is 2.14. The number of aliphatic hydroxyl groups is 1. The molecule has 1 N–H and O–H groups in total. The molecule has 0 aliphatic carbocycles. The van der Waals surface area contributed by atoms with Crippen molar-refractivity contribution in [2.24, 2.45) is 0 Å². The Morgan fingerprint density at radius 3 is 2.76 bits per heavy atom. The normalized spacial score (nSPS) is 10.4. The molecule has 0 unspecified atom stereocenters. The SMILES string of the molecule is CN(CCO)c1c([N+](=O)[O-])ccc(F)c1-c1cccnc1. The van der Waals surface area contributed by atoms with Crippen LogP contribution < -0.4 is 4.90 Å². The molecule has 0 radical (unpaired) electrons. The monoisotopic (exact) mass is 291 g/mol. The second kappa shape index (κ2) is 6.27. The predicted molar refractivity (Wildman–Crippen MR) is 76.6 cm³/mol. The van der Waals surface area contributed by atoms with E-state index in [4.69, 9.17) is 5.11 Å². The lowest BCUT2D eigenvalue weighted by atomic mass is 10.0. The van der Waals surface area contributed by atoms with Crippen molar-refractivity contribution >= 4 is 11.4 Å². The quantitative estimate of drug-likeness (QED) is 0.675. The Morgan fingerprint density at radius 1 is 1.43 bits per heavy atom. The number of halogens is 1. The number of aliphatic hydroxyl groups excluding tert-OH is 1. The number of nitrogens with zero attached hydrogens (tertiary/aromatic N) is 3. The summed E-state index contributed by atoms with van der Waals surface area (Å²) in [5, 5.41) is 20.2. The minimum absolute atomic E-state index is 0.105. The van der Waals surface area contributed by atoms with Crippen molar-refractivity contribution in [3.05, 3.63) is 52.6 Å². The second-order valence-corrected chi connectivity index (χ2v) is 4.43. The van der Waals surface area contributed by atoms with E-state index in [-0.39, 0.29) is 30.1 Å². The van der Waals surface area contributed by atoms with Gasteiger partial charge in [0.2, 0.25) is 0 Å². The number of aromatic nitrogens is 1. The molecule has 110 valence electrons. The van der Waals surface area contributed by atoms with Crippen LogP contribution in [0.25, 0.3) is 11.1 Å². The summed E-state index contributed by atoms with van der Waals surface area (Å²) in [6.07, 6.45) is 2.98. The fraction of sp³-hybridized carbons (Fsp3) is 0.214. The van der Waals surface area contributed by atoms with Crippen LogP contribution in [-0.4, -0.2) is 35.2 Å². The molecule has 21 heavy (non-hydrogen) atoms. The third kappa shape index (κ3) is 2.97. The molecule has 1 heterocycles. The summed E-state index contributed by atoms with van der Waals surface area (Å²) in [5.74, 6) is -0.576. The average Bonchev–Trinajstić information content (AvgIpc) is 2.47. The number of nitro benzene ring substituents is 1. The lowest BCUT2D eigenvalue weighted by Crippen LogP contribution is -2.23. The molecule has 0 aliphatic heterocycles. The van der Waals surface area contributed by atoms with Crippen LogP contribution in [0.15, 0.2) is 36.7 Å². The lowest BCUT2D eigenvalue weighted by molar-refractivity contribution is -0.384. The molecule has 0 aliphatic rings. The average molecular weight is 291 g/mol. The highest BCUT2D eigenvalue weighted by Crippen LogP contribution is 2.39. The molecule has 0 saturated heterocycles. The van der Waals surface area contributed by atoms with Crippen LogP contribution in [0.5, 0.6) is 0 Å². The lowest BCUT2D eigenvalue weighted by Gasteiger charge is -2.21. The van der Waals surface area contributed by atoms with E-state index in [9.17, 15) is 14.5 Å². The zero-order valence-electron chi connectivity index (χ0n) is 11.4. The second-order valence-electron chi connectivity index (χ2n) is 4.43. The Hall–Kier alpha value is -2.54. The maximum atomic E-state index is 14.2. The minimum Gasteiger partial charge on any atom is -0.395 e. The van der Waals surface area contributed by atoms with Gasteiger partial charge in [0, 0.05) is 43.2 Å². The van der Waals surface area contributed by atoms with Crippen molar-refractivity contribution in [2.45, 2.75) is 0 Å². The summed E-state index contributed by atoms with van der Waals surface area (Å²) in [5.41, 5.74) is 0.458. The summed E-state index contributed by atoms with van der Waals surface area (Å²) in [6.45, 7) is -0.0474. The largest absolute Gasteiger partial charge is 0.395 e. The summed E-state index contributed by atoms with van der Waals surface area (Å²) < 4.78 is 14.2. The molecule has 7 heteroatoms. The summed E-state index contributed by atoms with van der Waals surface area (Å²) in [6, 6.07) is 5.45. The molecular formula is C14H14FN3O3. The molecular weight excluding hydrogens is 277 g/mol. The van der Waals surface area contributed by atoms with Gasteiger partial charge >= 0.3 is 0 Å². The molecule has 0 fully saturated rings. The van der Waals surface area contributed by atoms with E-state index in [1.165, 1.54) is 17.3 Å². The van der Waals surface area contributed by atoms with Gasteiger partial charge in [-0.15, -0.1) is 0 Å². The van der Waals surface area contributed by atoms with E-state index in [0.29, 0.717) is 5.56 Å². The highest BCUT2D eigenvalue weighted by atomic mass is 19.1. The van der Waals surface area contributed by atoms with E-state index >= 15 is 0 Å². The Balaban J connectivity index is 2.72. The maximum absolute atomic E-state index is 14.2. The molecule has 0 atom stereocenters. The van der Waals surface area contributed by atoms with Crippen molar-refractivity contribution in [3.8, 4) is 11.1 Å². The van der Waals surface area contributed by atoms with E-state index < -0.39 is 10.7 Å². The van der Waals surface area contributed by atoms with Gasteiger partial charge in [0.15, 0.2) is 0 Å². The topological polar surface area (TPSA) is 79.5 Å². The predicted octanol–water partition coefficient (Wildman–Crippen LogP) is 2.22. The van der Waals surface area contributed by atoms with Crippen LogP contribution in [0.1, 0.15) is 0 Å². The molecule has 0 bridgehead atoms. The summed E-state index contributed by atoms with van der Waals surface area (Å²) in [7, 11) is 1.57. The highest BCUT2D eigenvalue weighted by Gasteiger charge is 2.25. The van der Waals surface area contributed by atoms with Crippen molar-refractivity contribution in [3.63, 3.8) is 0 Å². The van der Waals surface area contributed by atoms with E-state index in [0.717, 1.165) is 12.1 Å². The third-order valence-corrected chi connectivity index (χ3v) is 3.07. The molecule has 0 spiro atoms. The standard InChI is InChI=1S/C14H14FN3O3/c1-17(7-8-19)14-12(18(20)21)5-4-11(15)13(14)10-3-2-6-16-9-10/h2-6,9,19H,7-8H2,1H3. The number of hydrogen-bond acceptors (Lipinski definition) is 5. The van der Waals surface area contributed by atoms with Gasteiger partial charge < -0.3 is 10.0 Å². The van der Waals surface area contributed by atoms with Crippen LogP contribution in [0.4, 0.5) is 15.8 Å². The van der Waals surface area contributed by atoms with Crippen LogP contribution in [-0.2, 0) is 0 Å². The fourth-order valence-electron chi connectivity index (χ4n) is 2.14. The number of hydrogen-bond donors (Lipinski definition) is 1. The first-order valence-electron chi connectivity index (χ1n) is 6.25. The van der Waals surface area contributed by atoms with Crippen molar-refractivity contribution in [1.82, 2.24) is 4.98 Å². The zero-order chi connectivity index (χ0) is 15.4. The van der Waals surface area contributed by atoms with Gasteiger partial charge in [-0.3, -0.25) is 15.1 Å². The first-order chi connectivity index (χ1) is 10.1. The number of pyridine rings is 1. The zero-order valence-corrected chi connectivity index (χ0v) is 11.4. The summed E-state index contributed by atoms with van der Waals surface area (Å²) in [4.78, 5) is 16.0. The van der Waals surface area contributed by atoms with Crippen LogP contribution in [0, 0.1) is 15.9 Å². The van der Waals surface area contributed by atoms with Crippen LogP contribution >= 0.6 is 0 Å². The number of rotatable bonds is 5.